The van der Waals surface area contributed by atoms with Crippen LogP contribution >= 0.6 is 0 Å². The average Bonchev–Trinajstić information content (AvgIpc) is 2.91. The molecular formula is C20H30O4. The molecule has 0 radical (unpaired) electrons. The maximum absolute atomic E-state index is 11.3. The molecule has 8 atom stereocenters. The zero-order chi connectivity index (χ0) is 17.3. The number of hydrogen-bond acceptors (Lipinski definition) is 4. The lowest BCUT2D eigenvalue weighted by molar-refractivity contribution is -0.291. The molecule has 0 amide bonds. The van der Waals surface area contributed by atoms with Crippen molar-refractivity contribution in [2.24, 2.45) is 22.7 Å². The third kappa shape index (κ3) is 1.31. The Bertz CT molecular complexity index is 640. The summed E-state index contributed by atoms with van der Waals surface area (Å²) in [4.78, 5) is 0. The van der Waals surface area contributed by atoms with E-state index in [-0.39, 0.29) is 11.3 Å². The van der Waals surface area contributed by atoms with Gasteiger partial charge in [-0.1, -0.05) is 20.4 Å². The van der Waals surface area contributed by atoms with Gasteiger partial charge in [-0.3, -0.25) is 0 Å². The molecule has 24 heavy (non-hydrogen) atoms. The first-order valence-electron chi connectivity index (χ1n) is 9.50. The highest BCUT2D eigenvalue weighted by molar-refractivity contribution is 5.42. The summed E-state index contributed by atoms with van der Waals surface area (Å²) < 4.78 is 6.90. The van der Waals surface area contributed by atoms with Crippen LogP contribution in [0.4, 0.5) is 0 Å². The molecule has 0 aromatic rings. The number of rotatable bonds is 0. The second kappa shape index (κ2) is 3.95. The van der Waals surface area contributed by atoms with E-state index in [4.69, 9.17) is 4.74 Å². The summed E-state index contributed by atoms with van der Waals surface area (Å²) in [6.07, 6.45) is 3.64. The van der Waals surface area contributed by atoms with Gasteiger partial charge in [0.05, 0.1) is 23.4 Å². The van der Waals surface area contributed by atoms with Crippen molar-refractivity contribution in [3.05, 3.63) is 12.2 Å². The maximum Gasteiger partial charge on any atom is 0.109 e. The van der Waals surface area contributed by atoms with Crippen molar-refractivity contribution in [1.82, 2.24) is 0 Å². The van der Waals surface area contributed by atoms with Crippen molar-refractivity contribution < 1.29 is 20.1 Å². The van der Waals surface area contributed by atoms with E-state index in [1.807, 2.05) is 20.8 Å². The van der Waals surface area contributed by atoms with Gasteiger partial charge >= 0.3 is 0 Å². The molecule has 0 aromatic heterocycles. The number of hydrogen-bond donors (Lipinski definition) is 3. The fraction of sp³-hybridized carbons (Fsp3) is 0.900. The molecule has 5 aliphatic rings. The Morgan fingerprint density at radius 1 is 1.12 bits per heavy atom. The van der Waals surface area contributed by atoms with E-state index in [0.29, 0.717) is 25.2 Å². The van der Waals surface area contributed by atoms with Gasteiger partial charge in [-0.05, 0) is 56.9 Å². The Labute approximate surface area is 143 Å². The minimum atomic E-state index is -0.726. The first-order valence-corrected chi connectivity index (χ1v) is 9.50. The Balaban J connectivity index is 1.70. The highest BCUT2D eigenvalue weighted by Gasteiger charge is 2.81. The number of ether oxygens (including phenoxy) is 1. The van der Waals surface area contributed by atoms with Crippen LogP contribution in [0.25, 0.3) is 0 Å². The predicted octanol–water partition coefficient (Wildman–Crippen LogP) is 2.16. The minimum Gasteiger partial charge on any atom is -0.392 e. The second-order valence-electron chi connectivity index (χ2n) is 10.2. The lowest BCUT2D eigenvalue weighted by Gasteiger charge is -2.59. The molecule has 4 bridgehead atoms. The molecule has 5 fully saturated rings. The van der Waals surface area contributed by atoms with Gasteiger partial charge in [0.25, 0.3) is 0 Å². The first-order chi connectivity index (χ1) is 11.0. The van der Waals surface area contributed by atoms with Crippen molar-refractivity contribution in [3.63, 3.8) is 0 Å². The number of aliphatic hydroxyl groups excluding tert-OH is 2. The van der Waals surface area contributed by atoms with Gasteiger partial charge in [0, 0.05) is 16.7 Å². The van der Waals surface area contributed by atoms with Gasteiger partial charge in [0.15, 0.2) is 0 Å². The van der Waals surface area contributed by atoms with Crippen LogP contribution in [0.3, 0.4) is 0 Å². The third-order valence-corrected chi connectivity index (χ3v) is 9.09. The Morgan fingerprint density at radius 2 is 1.83 bits per heavy atom. The average molecular weight is 334 g/mol. The fourth-order valence-corrected chi connectivity index (χ4v) is 7.83. The molecule has 3 spiro atoms. The highest BCUT2D eigenvalue weighted by Crippen LogP contribution is 2.77. The van der Waals surface area contributed by atoms with Crippen LogP contribution in [0.1, 0.15) is 59.3 Å². The molecule has 0 aromatic carbocycles. The highest BCUT2D eigenvalue weighted by atomic mass is 16.6. The SMILES string of the molecule is C=C1C2CC(O)C(C)(C)C23OC12CCC1CC2(CC3O)CC1(C)O. The van der Waals surface area contributed by atoms with Crippen molar-refractivity contribution >= 4 is 0 Å². The summed E-state index contributed by atoms with van der Waals surface area (Å²) in [5.41, 5.74) is -1.44. The zero-order valence-corrected chi connectivity index (χ0v) is 15.0. The Kier molecular flexibility index (Phi) is 2.60. The molecular weight excluding hydrogens is 304 g/mol. The summed E-state index contributed by atoms with van der Waals surface area (Å²) in [5, 5.41) is 32.9. The molecule has 5 rings (SSSR count). The van der Waals surface area contributed by atoms with Gasteiger partial charge in [-0.15, -0.1) is 0 Å². The lowest BCUT2D eigenvalue weighted by Crippen LogP contribution is -2.65. The zero-order valence-electron chi connectivity index (χ0n) is 15.0. The summed E-state index contributed by atoms with van der Waals surface area (Å²) in [5.74, 6) is 0.304. The predicted molar refractivity (Wildman–Crippen MR) is 89.2 cm³/mol. The van der Waals surface area contributed by atoms with Crippen LogP contribution in [-0.2, 0) is 4.74 Å². The lowest BCUT2D eigenvalue weighted by atomic mass is 9.58. The van der Waals surface area contributed by atoms with Gasteiger partial charge in [0.2, 0.25) is 0 Å². The molecule has 4 nitrogen and oxygen atoms in total. The molecule has 2 saturated heterocycles. The molecule has 2 aliphatic heterocycles. The number of fused-ring (bicyclic) bond motifs is 1. The minimum absolute atomic E-state index is 0.0129. The van der Waals surface area contributed by atoms with Crippen LogP contribution in [0.5, 0.6) is 0 Å². The smallest absolute Gasteiger partial charge is 0.109 e. The molecule has 2 heterocycles. The molecule has 4 heteroatoms. The van der Waals surface area contributed by atoms with Crippen LogP contribution in [0.15, 0.2) is 12.2 Å². The van der Waals surface area contributed by atoms with Crippen molar-refractivity contribution in [2.45, 2.75) is 88.3 Å². The molecule has 8 unspecified atom stereocenters. The molecule has 3 N–H and O–H groups in total. The van der Waals surface area contributed by atoms with Crippen LogP contribution in [0, 0.1) is 22.7 Å². The molecule has 3 saturated carbocycles. The standard InChI is InChI=1S/C20H30O4/c1-11-13-7-14(21)16(2,3)20(13)15(22)9-18-8-12(17(4,23)10-18)5-6-19(11,18)24-20/h12-15,21-23H,1,5-10H2,2-4H3. The van der Waals surface area contributed by atoms with E-state index in [1.165, 1.54) is 0 Å². The van der Waals surface area contributed by atoms with E-state index < -0.39 is 34.4 Å². The van der Waals surface area contributed by atoms with Gasteiger partial charge < -0.3 is 20.1 Å². The summed E-state index contributed by atoms with van der Waals surface area (Å²) in [6, 6.07) is 0. The summed E-state index contributed by atoms with van der Waals surface area (Å²) >= 11 is 0. The van der Waals surface area contributed by atoms with Crippen LogP contribution in [-0.4, -0.2) is 44.3 Å². The van der Waals surface area contributed by atoms with Crippen molar-refractivity contribution in [3.8, 4) is 0 Å². The largest absolute Gasteiger partial charge is 0.392 e. The maximum atomic E-state index is 11.3. The molecule has 3 aliphatic carbocycles. The Hall–Kier alpha value is -0.420. The van der Waals surface area contributed by atoms with Gasteiger partial charge in [0.1, 0.15) is 5.60 Å². The van der Waals surface area contributed by atoms with E-state index >= 15 is 0 Å². The second-order valence-corrected chi connectivity index (χ2v) is 10.2. The topological polar surface area (TPSA) is 69.9 Å². The van der Waals surface area contributed by atoms with Gasteiger partial charge in [-0.2, -0.15) is 0 Å². The van der Waals surface area contributed by atoms with E-state index in [9.17, 15) is 15.3 Å². The quantitative estimate of drug-likeness (QED) is 0.594. The number of aliphatic hydroxyl groups is 3. The van der Waals surface area contributed by atoms with Crippen LogP contribution in [0.2, 0.25) is 0 Å². The fourth-order valence-electron chi connectivity index (χ4n) is 7.83. The van der Waals surface area contributed by atoms with E-state index in [0.717, 1.165) is 24.8 Å². The van der Waals surface area contributed by atoms with E-state index in [2.05, 4.69) is 6.58 Å². The summed E-state index contributed by atoms with van der Waals surface area (Å²) in [6.45, 7) is 10.5. The normalized spacial score (nSPS) is 63.3. The third-order valence-electron chi connectivity index (χ3n) is 9.09. The Morgan fingerprint density at radius 3 is 2.54 bits per heavy atom. The summed E-state index contributed by atoms with van der Waals surface area (Å²) in [7, 11) is 0. The van der Waals surface area contributed by atoms with Crippen molar-refractivity contribution in [2.75, 3.05) is 0 Å². The van der Waals surface area contributed by atoms with Gasteiger partial charge in [-0.25, -0.2) is 0 Å². The molecule has 134 valence electrons. The van der Waals surface area contributed by atoms with E-state index in [1.54, 1.807) is 0 Å². The van der Waals surface area contributed by atoms with Crippen LogP contribution < -0.4 is 0 Å². The first kappa shape index (κ1) is 15.8. The monoisotopic (exact) mass is 334 g/mol. The van der Waals surface area contributed by atoms with Crippen molar-refractivity contribution in [1.29, 1.82) is 0 Å².